The molecule has 1 N–H and O–H groups in total. The van der Waals surface area contributed by atoms with Gasteiger partial charge in [-0.1, -0.05) is 0 Å². The minimum absolute atomic E-state index is 0.00372. The zero-order chi connectivity index (χ0) is 23.1. The van der Waals surface area contributed by atoms with Crippen molar-refractivity contribution in [2.24, 2.45) is 0 Å². The van der Waals surface area contributed by atoms with Gasteiger partial charge in [-0.05, 0) is 69.0 Å². The van der Waals surface area contributed by atoms with Gasteiger partial charge in [-0.2, -0.15) is 0 Å². The number of carbonyl (C=O) groups is 2. The predicted molar refractivity (Wildman–Crippen MR) is 119 cm³/mol. The number of aromatic nitrogens is 1. The molecule has 1 aliphatic rings. The van der Waals surface area contributed by atoms with E-state index in [1.807, 2.05) is 13.8 Å². The SMILES string of the molecule is CCOC(=O)c1[nH]c(C)c(CN(C[C@@H]2CCCO2)C(=O)COc2ccc(OC)cc2)c1C. The van der Waals surface area contributed by atoms with E-state index in [9.17, 15) is 9.59 Å². The topological polar surface area (TPSA) is 90.1 Å². The second kappa shape index (κ2) is 11.0. The summed E-state index contributed by atoms with van der Waals surface area (Å²) >= 11 is 0. The number of nitrogens with one attached hydrogen (secondary N) is 1. The average molecular weight is 445 g/mol. The molecule has 1 aromatic heterocycles. The van der Waals surface area contributed by atoms with Gasteiger partial charge in [-0.3, -0.25) is 4.79 Å². The van der Waals surface area contributed by atoms with Crippen molar-refractivity contribution in [3.8, 4) is 11.5 Å². The number of hydrogen-bond donors (Lipinski definition) is 1. The van der Waals surface area contributed by atoms with Crippen LogP contribution in [0.3, 0.4) is 0 Å². The summed E-state index contributed by atoms with van der Waals surface area (Å²) in [5, 5.41) is 0. The molecule has 0 spiro atoms. The maximum absolute atomic E-state index is 13.1. The lowest BCUT2D eigenvalue weighted by atomic mass is 10.1. The highest BCUT2D eigenvalue weighted by molar-refractivity contribution is 5.90. The van der Waals surface area contributed by atoms with Crippen molar-refractivity contribution in [3.63, 3.8) is 0 Å². The maximum atomic E-state index is 13.1. The molecule has 0 radical (unpaired) electrons. The largest absolute Gasteiger partial charge is 0.497 e. The Morgan fingerprint density at radius 3 is 2.53 bits per heavy atom. The number of aromatic amines is 1. The van der Waals surface area contributed by atoms with Crippen molar-refractivity contribution in [2.75, 3.05) is 33.5 Å². The van der Waals surface area contributed by atoms with Crippen molar-refractivity contribution in [3.05, 3.63) is 46.8 Å². The summed E-state index contributed by atoms with van der Waals surface area (Å²) in [5.74, 6) is 0.780. The number of rotatable bonds is 10. The molecule has 2 heterocycles. The Labute approximate surface area is 188 Å². The first-order valence-electron chi connectivity index (χ1n) is 10.9. The summed E-state index contributed by atoms with van der Waals surface area (Å²) in [6.45, 7) is 7.30. The van der Waals surface area contributed by atoms with Crippen LogP contribution in [-0.4, -0.2) is 61.3 Å². The van der Waals surface area contributed by atoms with Crippen LogP contribution in [0.4, 0.5) is 0 Å². The van der Waals surface area contributed by atoms with E-state index in [0.717, 1.165) is 35.4 Å². The molecule has 1 fully saturated rings. The van der Waals surface area contributed by atoms with Crippen LogP contribution in [-0.2, 0) is 20.8 Å². The normalized spacial score (nSPS) is 15.4. The lowest BCUT2D eigenvalue weighted by Gasteiger charge is -2.26. The molecular formula is C24H32N2O6. The Kier molecular flexibility index (Phi) is 8.16. The number of ether oxygens (including phenoxy) is 4. The Balaban J connectivity index is 1.73. The molecule has 8 heteroatoms. The molecule has 1 aromatic carbocycles. The first-order chi connectivity index (χ1) is 15.4. The van der Waals surface area contributed by atoms with Crippen LogP contribution >= 0.6 is 0 Å². The zero-order valence-corrected chi connectivity index (χ0v) is 19.2. The lowest BCUT2D eigenvalue weighted by molar-refractivity contribution is -0.135. The zero-order valence-electron chi connectivity index (χ0n) is 19.2. The van der Waals surface area contributed by atoms with Crippen LogP contribution in [0.25, 0.3) is 0 Å². The first kappa shape index (κ1) is 23.7. The van der Waals surface area contributed by atoms with Gasteiger partial charge in [0.05, 0.1) is 19.8 Å². The number of esters is 1. The van der Waals surface area contributed by atoms with Crippen molar-refractivity contribution < 1.29 is 28.5 Å². The van der Waals surface area contributed by atoms with E-state index < -0.39 is 0 Å². The van der Waals surface area contributed by atoms with Gasteiger partial charge in [0.25, 0.3) is 5.91 Å². The van der Waals surface area contributed by atoms with Gasteiger partial charge in [0.15, 0.2) is 6.61 Å². The fourth-order valence-electron chi connectivity index (χ4n) is 3.82. The molecule has 3 rings (SSSR count). The van der Waals surface area contributed by atoms with E-state index in [4.69, 9.17) is 18.9 Å². The van der Waals surface area contributed by atoms with E-state index in [1.165, 1.54) is 0 Å². The second-order valence-electron chi connectivity index (χ2n) is 7.82. The van der Waals surface area contributed by atoms with E-state index in [1.54, 1.807) is 43.2 Å². The summed E-state index contributed by atoms with van der Waals surface area (Å²) in [4.78, 5) is 30.2. The lowest BCUT2D eigenvalue weighted by Crippen LogP contribution is -2.39. The van der Waals surface area contributed by atoms with E-state index >= 15 is 0 Å². The monoisotopic (exact) mass is 444 g/mol. The minimum Gasteiger partial charge on any atom is -0.497 e. The molecule has 174 valence electrons. The average Bonchev–Trinajstić information content (AvgIpc) is 3.40. The molecular weight excluding hydrogens is 412 g/mol. The Bertz CT molecular complexity index is 915. The van der Waals surface area contributed by atoms with Gasteiger partial charge < -0.3 is 28.8 Å². The Morgan fingerprint density at radius 1 is 1.19 bits per heavy atom. The van der Waals surface area contributed by atoms with Crippen molar-refractivity contribution in [1.29, 1.82) is 0 Å². The fourth-order valence-corrected chi connectivity index (χ4v) is 3.82. The number of nitrogens with zero attached hydrogens (tertiary/aromatic N) is 1. The summed E-state index contributed by atoms with van der Waals surface area (Å²) in [6.07, 6.45) is 1.91. The molecule has 0 aliphatic carbocycles. The molecule has 32 heavy (non-hydrogen) atoms. The third-order valence-corrected chi connectivity index (χ3v) is 5.64. The Hall–Kier alpha value is -3.00. The third kappa shape index (κ3) is 5.82. The Morgan fingerprint density at radius 2 is 1.91 bits per heavy atom. The molecule has 1 saturated heterocycles. The minimum atomic E-state index is -0.390. The number of benzene rings is 1. The molecule has 0 saturated carbocycles. The standard InChI is InChI=1S/C24H32N2O6/c1-5-30-24(28)23-16(2)21(17(3)25-23)14-26(13-20-7-6-12-31-20)22(27)15-32-19-10-8-18(29-4)9-11-19/h8-11,20,25H,5-7,12-15H2,1-4H3/t20-/m0/s1. The number of hydrogen-bond acceptors (Lipinski definition) is 6. The van der Waals surface area contributed by atoms with Gasteiger partial charge in [-0.25, -0.2) is 4.79 Å². The third-order valence-electron chi connectivity index (χ3n) is 5.64. The van der Waals surface area contributed by atoms with E-state index in [2.05, 4.69) is 4.98 Å². The fraction of sp³-hybridized carbons (Fsp3) is 0.500. The summed E-state index contributed by atoms with van der Waals surface area (Å²) < 4.78 is 21.8. The van der Waals surface area contributed by atoms with Crippen LogP contribution in [0.1, 0.15) is 47.1 Å². The van der Waals surface area contributed by atoms with Gasteiger partial charge in [0, 0.05) is 25.4 Å². The van der Waals surface area contributed by atoms with Crippen molar-refractivity contribution in [2.45, 2.75) is 46.3 Å². The van der Waals surface area contributed by atoms with Crippen LogP contribution in [0.2, 0.25) is 0 Å². The molecule has 1 atom stereocenters. The number of amides is 1. The second-order valence-corrected chi connectivity index (χ2v) is 7.82. The summed E-state index contributed by atoms with van der Waals surface area (Å²) in [5.41, 5.74) is 2.97. The van der Waals surface area contributed by atoms with E-state index in [-0.39, 0.29) is 24.6 Å². The van der Waals surface area contributed by atoms with Crippen molar-refractivity contribution in [1.82, 2.24) is 9.88 Å². The van der Waals surface area contributed by atoms with E-state index in [0.29, 0.717) is 37.7 Å². The van der Waals surface area contributed by atoms with Crippen LogP contribution in [0.15, 0.2) is 24.3 Å². The molecule has 1 aliphatic heterocycles. The number of aryl methyl sites for hydroxylation is 1. The summed E-state index contributed by atoms with van der Waals surface area (Å²) in [7, 11) is 1.60. The molecule has 2 aromatic rings. The molecule has 1 amide bonds. The van der Waals surface area contributed by atoms with Crippen LogP contribution < -0.4 is 9.47 Å². The highest BCUT2D eigenvalue weighted by atomic mass is 16.5. The number of carbonyl (C=O) groups excluding carboxylic acids is 2. The molecule has 0 unspecified atom stereocenters. The van der Waals surface area contributed by atoms with Gasteiger partial charge >= 0.3 is 5.97 Å². The predicted octanol–water partition coefficient (Wildman–Crippen LogP) is 3.40. The van der Waals surface area contributed by atoms with Crippen LogP contribution in [0.5, 0.6) is 11.5 Å². The maximum Gasteiger partial charge on any atom is 0.355 e. The highest BCUT2D eigenvalue weighted by Crippen LogP contribution is 2.23. The smallest absolute Gasteiger partial charge is 0.355 e. The highest BCUT2D eigenvalue weighted by Gasteiger charge is 2.26. The van der Waals surface area contributed by atoms with Crippen molar-refractivity contribution >= 4 is 11.9 Å². The quantitative estimate of drug-likeness (QED) is 0.565. The molecule has 0 bridgehead atoms. The molecule has 8 nitrogen and oxygen atoms in total. The number of methoxy groups -OCH3 is 1. The summed E-state index contributed by atoms with van der Waals surface area (Å²) in [6, 6.07) is 7.10. The van der Waals surface area contributed by atoms with Gasteiger partial charge in [0.2, 0.25) is 0 Å². The first-order valence-corrected chi connectivity index (χ1v) is 10.9. The number of H-pyrrole nitrogens is 1. The van der Waals surface area contributed by atoms with Gasteiger partial charge in [-0.15, -0.1) is 0 Å². The van der Waals surface area contributed by atoms with Gasteiger partial charge in [0.1, 0.15) is 17.2 Å². The van der Waals surface area contributed by atoms with Crippen LogP contribution in [0, 0.1) is 13.8 Å².